The van der Waals surface area contributed by atoms with Crippen LogP contribution in [0, 0.1) is 10.1 Å². The summed E-state index contributed by atoms with van der Waals surface area (Å²) < 4.78 is 5.33. The molecule has 4 N–H and O–H groups in total. The van der Waals surface area contributed by atoms with Crippen LogP contribution < -0.4 is 10.6 Å². The smallest absolute Gasteiger partial charge is 0.281 e. The predicted octanol–water partition coefficient (Wildman–Crippen LogP) is 2.88. The Bertz CT molecular complexity index is 781. The zero-order valence-electron chi connectivity index (χ0n) is 15.2. The number of aromatic amines is 1. The normalized spacial score (nSPS) is 15.3. The van der Waals surface area contributed by atoms with Gasteiger partial charge in [-0.1, -0.05) is 20.4 Å². The van der Waals surface area contributed by atoms with E-state index in [1.54, 1.807) is 12.3 Å². The number of benzene rings is 1. The summed E-state index contributed by atoms with van der Waals surface area (Å²) in [6.07, 6.45) is 1.97. The molecule has 0 bridgehead atoms. The van der Waals surface area contributed by atoms with E-state index < -0.39 is 6.04 Å². The minimum atomic E-state index is -0.664. The monoisotopic (exact) mass is 362 g/mol. The quantitative estimate of drug-likeness (QED) is 0.428. The lowest BCUT2D eigenvalue weighted by molar-refractivity contribution is -0.383. The van der Waals surface area contributed by atoms with Crippen LogP contribution in [-0.2, 0) is 11.2 Å². The van der Waals surface area contributed by atoms with Gasteiger partial charge in [-0.25, -0.2) is 0 Å². The van der Waals surface area contributed by atoms with Crippen LogP contribution in [0.5, 0.6) is 0 Å². The lowest BCUT2D eigenvalue weighted by Gasteiger charge is -2.28. The molecule has 2 aromatic rings. The minimum absolute atomic E-state index is 0.0287. The highest BCUT2D eigenvalue weighted by Crippen LogP contribution is 2.34. The van der Waals surface area contributed by atoms with Crippen molar-refractivity contribution in [3.63, 3.8) is 0 Å². The molecule has 26 heavy (non-hydrogen) atoms. The number of nitrogens with one attached hydrogen (secondary N) is 1. The van der Waals surface area contributed by atoms with E-state index in [1.165, 1.54) is 0 Å². The van der Waals surface area contributed by atoms with Crippen molar-refractivity contribution in [1.82, 2.24) is 4.98 Å². The number of fused-ring (bicyclic) bond motifs is 1. The number of morpholine rings is 1. The molecular weight excluding hydrogens is 336 g/mol. The van der Waals surface area contributed by atoms with Crippen molar-refractivity contribution in [1.29, 1.82) is 0 Å². The van der Waals surface area contributed by atoms with Crippen molar-refractivity contribution in [2.75, 3.05) is 31.2 Å². The highest BCUT2D eigenvalue weighted by atomic mass is 16.6. The Morgan fingerprint density at radius 1 is 1.46 bits per heavy atom. The van der Waals surface area contributed by atoms with Crippen molar-refractivity contribution in [2.24, 2.45) is 5.73 Å². The van der Waals surface area contributed by atoms with Crippen LogP contribution in [0.25, 0.3) is 10.9 Å². The average Bonchev–Trinajstić information content (AvgIpc) is 3.06. The first-order chi connectivity index (χ1) is 12.5. The minimum Gasteiger partial charge on any atom is -0.511 e. The Morgan fingerprint density at radius 2 is 2.12 bits per heavy atom. The van der Waals surface area contributed by atoms with Crippen molar-refractivity contribution >= 4 is 22.3 Å². The highest BCUT2D eigenvalue weighted by Gasteiger charge is 2.23. The van der Waals surface area contributed by atoms with E-state index in [0.717, 1.165) is 5.69 Å². The number of rotatable bonds is 5. The van der Waals surface area contributed by atoms with Gasteiger partial charge in [0.05, 0.1) is 35.1 Å². The SMILES string of the molecule is C=C(O)C(N)Cc1c[nH]c2cc(N3CCOCC3)cc([N+](=O)[O-])c12.CC. The van der Waals surface area contributed by atoms with E-state index >= 15 is 0 Å². The zero-order chi connectivity index (χ0) is 19.3. The summed E-state index contributed by atoms with van der Waals surface area (Å²) in [5.41, 5.74) is 8.00. The molecule has 8 nitrogen and oxygen atoms in total. The second-order valence-corrected chi connectivity index (χ2v) is 5.86. The van der Waals surface area contributed by atoms with E-state index in [9.17, 15) is 15.2 Å². The van der Waals surface area contributed by atoms with Crippen molar-refractivity contribution in [3.8, 4) is 0 Å². The van der Waals surface area contributed by atoms with Crippen LogP contribution in [0.2, 0.25) is 0 Å². The number of nitro benzene ring substituents is 1. The Morgan fingerprint density at radius 3 is 2.69 bits per heavy atom. The molecule has 3 rings (SSSR count). The standard InChI is InChI=1S/C16H20N4O4.C2H6/c1-10(21)13(17)6-11-9-18-14-7-12(19-2-4-24-5-3-19)8-15(16(11)14)20(22)23;1-2/h7-9,13,18,21H,1-6,17H2;1-2H3. The number of ether oxygens (including phenoxy) is 1. The molecule has 1 aromatic carbocycles. The third kappa shape index (κ3) is 4.14. The number of aliphatic hydroxyl groups excluding tert-OH is 1. The van der Waals surface area contributed by atoms with Gasteiger partial charge in [0.2, 0.25) is 0 Å². The fourth-order valence-electron chi connectivity index (χ4n) is 2.96. The molecule has 1 fully saturated rings. The van der Waals surface area contributed by atoms with Gasteiger partial charge in [0.1, 0.15) is 5.76 Å². The number of nitrogens with two attached hydrogens (primary N) is 1. The van der Waals surface area contributed by atoms with Crippen LogP contribution >= 0.6 is 0 Å². The molecule has 8 heteroatoms. The highest BCUT2D eigenvalue weighted by molar-refractivity contribution is 5.95. The number of hydrogen-bond acceptors (Lipinski definition) is 6. The van der Waals surface area contributed by atoms with Gasteiger partial charge < -0.3 is 25.5 Å². The number of non-ortho nitro benzene ring substituents is 1. The summed E-state index contributed by atoms with van der Waals surface area (Å²) in [5, 5.41) is 21.5. The first kappa shape index (κ1) is 19.7. The molecule has 1 aliphatic heterocycles. The average molecular weight is 362 g/mol. The van der Waals surface area contributed by atoms with Crippen LogP contribution in [-0.4, -0.2) is 47.4 Å². The van der Waals surface area contributed by atoms with E-state index in [-0.39, 0.29) is 22.8 Å². The van der Waals surface area contributed by atoms with Crippen LogP contribution in [0.1, 0.15) is 19.4 Å². The Kier molecular flexibility index (Phi) is 6.59. The molecule has 1 aromatic heterocycles. The van der Waals surface area contributed by atoms with Gasteiger partial charge in [-0.3, -0.25) is 10.1 Å². The summed E-state index contributed by atoms with van der Waals surface area (Å²) in [6.45, 7) is 10.0. The Labute approximate surface area is 152 Å². The largest absolute Gasteiger partial charge is 0.511 e. The lowest BCUT2D eigenvalue weighted by atomic mass is 10.0. The van der Waals surface area contributed by atoms with Crippen LogP contribution in [0.4, 0.5) is 11.4 Å². The van der Waals surface area contributed by atoms with Crippen LogP contribution in [0.15, 0.2) is 30.7 Å². The molecule has 0 amide bonds. The number of nitrogens with zero attached hydrogens (tertiary/aromatic N) is 2. The second-order valence-electron chi connectivity index (χ2n) is 5.86. The molecule has 142 valence electrons. The van der Waals surface area contributed by atoms with Gasteiger partial charge in [0.25, 0.3) is 5.69 Å². The summed E-state index contributed by atoms with van der Waals surface area (Å²) >= 11 is 0. The van der Waals surface area contributed by atoms with Gasteiger partial charge in [0, 0.05) is 31.0 Å². The van der Waals surface area contributed by atoms with Crippen molar-refractivity contribution < 1.29 is 14.8 Å². The summed E-state index contributed by atoms with van der Waals surface area (Å²) in [4.78, 5) is 16.3. The molecule has 0 saturated carbocycles. The van der Waals surface area contributed by atoms with Gasteiger partial charge in [-0.2, -0.15) is 0 Å². The lowest BCUT2D eigenvalue weighted by Crippen LogP contribution is -2.36. The molecule has 1 unspecified atom stereocenters. The fraction of sp³-hybridized carbons (Fsp3) is 0.444. The number of H-pyrrole nitrogens is 1. The molecule has 1 aliphatic rings. The first-order valence-corrected chi connectivity index (χ1v) is 8.72. The predicted molar refractivity (Wildman–Crippen MR) is 103 cm³/mol. The van der Waals surface area contributed by atoms with Crippen molar-refractivity contribution in [3.05, 3.63) is 46.3 Å². The van der Waals surface area contributed by atoms with Gasteiger partial charge in [-0.15, -0.1) is 0 Å². The maximum absolute atomic E-state index is 11.6. The summed E-state index contributed by atoms with van der Waals surface area (Å²) in [7, 11) is 0. The number of nitro groups is 1. The maximum Gasteiger partial charge on any atom is 0.281 e. The van der Waals surface area contributed by atoms with Crippen LogP contribution in [0.3, 0.4) is 0 Å². The second kappa shape index (κ2) is 8.68. The van der Waals surface area contributed by atoms with Crippen molar-refractivity contribution in [2.45, 2.75) is 26.3 Å². The number of aliphatic hydroxyl groups is 1. The third-order valence-corrected chi connectivity index (χ3v) is 4.27. The maximum atomic E-state index is 11.6. The third-order valence-electron chi connectivity index (χ3n) is 4.27. The Hall–Kier alpha value is -2.58. The first-order valence-electron chi connectivity index (χ1n) is 8.72. The summed E-state index contributed by atoms with van der Waals surface area (Å²) in [5.74, 6) is -0.142. The molecule has 1 saturated heterocycles. The van der Waals surface area contributed by atoms with E-state index in [4.69, 9.17) is 10.5 Å². The zero-order valence-corrected chi connectivity index (χ0v) is 15.2. The molecule has 0 aliphatic carbocycles. The van der Waals surface area contributed by atoms with E-state index in [2.05, 4.69) is 16.5 Å². The van der Waals surface area contributed by atoms with E-state index in [1.807, 2.05) is 19.9 Å². The Balaban J connectivity index is 0.00000117. The number of hydrogen-bond donors (Lipinski definition) is 3. The molecular formula is C18H26N4O4. The molecule has 0 spiro atoms. The number of aromatic nitrogens is 1. The van der Waals surface area contributed by atoms with Gasteiger partial charge in [-0.05, 0) is 18.1 Å². The van der Waals surface area contributed by atoms with E-state index in [0.29, 0.717) is 42.8 Å². The molecule has 1 atom stereocenters. The summed E-state index contributed by atoms with van der Waals surface area (Å²) in [6, 6.07) is 2.82. The topological polar surface area (TPSA) is 118 Å². The molecule has 0 radical (unpaired) electrons. The number of anilines is 1. The fourth-order valence-corrected chi connectivity index (χ4v) is 2.96. The van der Waals surface area contributed by atoms with Gasteiger partial charge >= 0.3 is 0 Å². The molecule has 2 heterocycles. The van der Waals surface area contributed by atoms with Gasteiger partial charge in [0.15, 0.2) is 0 Å².